The number of esters is 1. The molecule has 0 aromatic carbocycles. The highest BCUT2D eigenvalue weighted by molar-refractivity contribution is 5.68. The minimum atomic E-state index is -0.122. The van der Waals surface area contributed by atoms with Gasteiger partial charge in [-0.05, 0) is 25.7 Å². The number of unbranched alkanes of at least 4 members (excludes halogenated alkanes) is 2. The van der Waals surface area contributed by atoms with E-state index in [1.807, 2.05) is 6.92 Å². The Bertz CT molecular complexity index is 436. The number of hydrogen-bond acceptors (Lipinski definition) is 2. The first-order valence-corrected chi connectivity index (χ1v) is 7.59. The summed E-state index contributed by atoms with van der Waals surface area (Å²) in [4.78, 5) is 10.9. The van der Waals surface area contributed by atoms with Crippen molar-refractivity contribution < 1.29 is 9.53 Å². The Kier molecular flexibility index (Phi) is 14.6. The average molecular weight is 286 g/mol. The summed E-state index contributed by atoms with van der Waals surface area (Å²) >= 11 is 0. The quantitative estimate of drug-likeness (QED) is 0.286. The summed E-state index contributed by atoms with van der Waals surface area (Å²) < 4.78 is 4.58. The molecule has 0 amide bonds. The third-order valence-electron chi connectivity index (χ3n) is 2.66. The van der Waals surface area contributed by atoms with Crippen molar-refractivity contribution in [2.75, 3.05) is 7.11 Å². The minimum Gasteiger partial charge on any atom is -0.469 e. The van der Waals surface area contributed by atoms with Gasteiger partial charge in [0.2, 0.25) is 0 Å². The molecule has 0 radical (unpaired) electrons. The second kappa shape index (κ2) is 16.1. The molecular formula is C19H26O2. The maximum atomic E-state index is 10.9. The fourth-order valence-electron chi connectivity index (χ4n) is 1.53. The number of methoxy groups -OCH3 is 1. The number of hydrogen-bond donors (Lipinski definition) is 0. The van der Waals surface area contributed by atoms with Crippen LogP contribution in [0, 0.1) is 23.7 Å². The molecule has 0 rings (SSSR count). The third kappa shape index (κ3) is 16.0. The molecule has 0 fully saturated rings. The van der Waals surface area contributed by atoms with Gasteiger partial charge >= 0.3 is 5.97 Å². The Labute approximate surface area is 129 Å². The SMILES string of the molecule is CCC#CCC#CCC=CCC=CCCCCC(=O)OC. The van der Waals surface area contributed by atoms with Gasteiger partial charge in [-0.1, -0.05) is 49.0 Å². The number of ether oxygens (including phenoxy) is 1. The smallest absolute Gasteiger partial charge is 0.305 e. The van der Waals surface area contributed by atoms with Crippen LogP contribution in [0.4, 0.5) is 0 Å². The van der Waals surface area contributed by atoms with E-state index in [0.717, 1.165) is 38.5 Å². The summed E-state index contributed by atoms with van der Waals surface area (Å²) in [7, 11) is 1.43. The first-order chi connectivity index (χ1) is 10.3. The topological polar surface area (TPSA) is 26.3 Å². The van der Waals surface area contributed by atoms with Crippen molar-refractivity contribution in [1.82, 2.24) is 0 Å². The van der Waals surface area contributed by atoms with Crippen molar-refractivity contribution in [3.63, 3.8) is 0 Å². The number of rotatable bonds is 8. The normalized spacial score (nSPS) is 10.0. The lowest BCUT2D eigenvalue weighted by Gasteiger charge is -1.96. The second-order valence-corrected chi connectivity index (χ2v) is 4.44. The molecular weight excluding hydrogens is 260 g/mol. The molecule has 0 heterocycles. The zero-order valence-corrected chi connectivity index (χ0v) is 13.3. The highest BCUT2D eigenvalue weighted by Crippen LogP contribution is 2.02. The van der Waals surface area contributed by atoms with Crippen LogP contribution in [0.2, 0.25) is 0 Å². The maximum absolute atomic E-state index is 10.9. The molecule has 0 aliphatic rings. The molecule has 0 aromatic heterocycles. The van der Waals surface area contributed by atoms with Crippen molar-refractivity contribution in [2.45, 2.75) is 58.3 Å². The monoisotopic (exact) mass is 286 g/mol. The maximum Gasteiger partial charge on any atom is 0.305 e. The molecule has 0 aromatic rings. The fourth-order valence-corrected chi connectivity index (χ4v) is 1.53. The molecule has 21 heavy (non-hydrogen) atoms. The van der Waals surface area contributed by atoms with E-state index in [9.17, 15) is 4.79 Å². The number of carbonyl (C=O) groups excluding carboxylic acids is 1. The summed E-state index contributed by atoms with van der Waals surface area (Å²) in [5.41, 5.74) is 0. The van der Waals surface area contributed by atoms with E-state index < -0.39 is 0 Å². The van der Waals surface area contributed by atoms with Gasteiger partial charge in [0.25, 0.3) is 0 Å². The van der Waals surface area contributed by atoms with E-state index in [0.29, 0.717) is 12.8 Å². The van der Waals surface area contributed by atoms with Crippen molar-refractivity contribution in [1.29, 1.82) is 0 Å². The van der Waals surface area contributed by atoms with Gasteiger partial charge in [0.15, 0.2) is 0 Å². The lowest BCUT2D eigenvalue weighted by molar-refractivity contribution is -0.140. The molecule has 0 bridgehead atoms. The van der Waals surface area contributed by atoms with Crippen LogP contribution in [0.25, 0.3) is 0 Å². The zero-order chi connectivity index (χ0) is 15.6. The Morgan fingerprint density at radius 2 is 1.76 bits per heavy atom. The van der Waals surface area contributed by atoms with Crippen LogP contribution in [0.15, 0.2) is 24.3 Å². The van der Waals surface area contributed by atoms with Crippen LogP contribution in [0.3, 0.4) is 0 Å². The predicted octanol–water partition coefficient (Wildman–Crippen LogP) is 4.42. The van der Waals surface area contributed by atoms with Gasteiger partial charge in [0.1, 0.15) is 0 Å². The molecule has 0 spiro atoms. The number of carbonyl (C=O) groups is 1. The van der Waals surface area contributed by atoms with Crippen LogP contribution in [-0.2, 0) is 9.53 Å². The van der Waals surface area contributed by atoms with Crippen LogP contribution >= 0.6 is 0 Å². The first-order valence-electron chi connectivity index (χ1n) is 7.59. The summed E-state index contributed by atoms with van der Waals surface area (Å²) in [6, 6.07) is 0. The van der Waals surface area contributed by atoms with E-state index in [-0.39, 0.29) is 5.97 Å². The van der Waals surface area contributed by atoms with E-state index >= 15 is 0 Å². The predicted molar refractivity (Wildman–Crippen MR) is 88.5 cm³/mol. The highest BCUT2D eigenvalue weighted by atomic mass is 16.5. The Balaban J connectivity index is 3.46. The van der Waals surface area contributed by atoms with Crippen molar-refractivity contribution in [3.8, 4) is 23.7 Å². The molecule has 0 unspecified atom stereocenters. The van der Waals surface area contributed by atoms with Gasteiger partial charge in [-0.2, -0.15) is 0 Å². The molecule has 0 aliphatic carbocycles. The van der Waals surface area contributed by atoms with E-state index in [1.54, 1.807) is 0 Å². The molecule has 114 valence electrons. The molecule has 0 saturated carbocycles. The van der Waals surface area contributed by atoms with Gasteiger partial charge in [-0.3, -0.25) is 4.79 Å². The van der Waals surface area contributed by atoms with Gasteiger partial charge < -0.3 is 4.74 Å². The zero-order valence-electron chi connectivity index (χ0n) is 13.3. The molecule has 0 aliphatic heterocycles. The van der Waals surface area contributed by atoms with Crippen LogP contribution in [-0.4, -0.2) is 13.1 Å². The van der Waals surface area contributed by atoms with Gasteiger partial charge in [0, 0.05) is 19.3 Å². The molecule has 2 nitrogen and oxygen atoms in total. The summed E-state index contributed by atoms with van der Waals surface area (Å²) in [6.45, 7) is 2.04. The van der Waals surface area contributed by atoms with Crippen LogP contribution in [0.5, 0.6) is 0 Å². The summed E-state index contributed by atoms with van der Waals surface area (Å²) in [5.74, 6) is 12.0. The summed E-state index contributed by atoms with van der Waals surface area (Å²) in [6.07, 6.45) is 15.3. The third-order valence-corrected chi connectivity index (χ3v) is 2.66. The largest absolute Gasteiger partial charge is 0.469 e. The lowest BCUT2D eigenvalue weighted by Crippen LogP contribution is -1.98. The fraction of sp³-hybridized carbons (Fsp3) is 0.526. The first kappa shape index (κ1) is 19.1. The summed E-state index contributed by atoms with van der Waals surface area (Å²) in [5, 5.41) is 0. The van der Waals surface area contributed by atoms with Gasteiger partial charge in [-0.25, -0.2) is 0 Å². The molecule has 0 saturated heterocycles. The van der Waals surface area contributed by atoms with Crippen molar-refractivity contribution in [3.05, 3.63) is 24.3 Å². The Morgan fingerprint density at radius 3 is 2.52 bits per heavy atom. The highest BCUT2D eigenvalue weighted by Gasteiger charge is 1.97. The van der Waals surface area contributed by atoms with E-state index in [4.69, 9.17) is 0 Å². The van der Waals surface area contributed by atoms with E-state index in [1.165, 1.54) is 7.11 Å². The van der Waals surface area contributed by atoms with E-state index in [2.05, 4.69) is 52.7 Å². The number of allylic oxidation sites excluding steroid dienone is 4. The van der Waals surface area contributed by atoms with Gasteiger partial charge in [-0.15, -0.1) is 5.92 Å². The van der Waals surface area contributed by atoms with Crippen molar-refractivity contribution in [2.24, 2.45) is 0 Å². The van der Waals surface area contributed by atoms with Gasteiger partial charge in [0.05, 0.1) is 13.5 Å². The minimum absolute atomic E-state index is 0.122. The van der Waals surface area contributed by atoms with Crippen LogP contribution in [0.1, 0.15) is 58.3 Å². The lowest BCUT2D eigenvalue weighted by atomic mass is 10.2. The van der Waals surface area contributed by atoms with Crippen molar-refractivity contribution >= 4 is 5.97 Å². The Morgan fingerprint density at radius 1 is 1.00 bits per heavy atom. The molecule has 0 atom stereocenters. The standard InChI is InChI=1S/C19H26O2/c1-3-4-5-6-7-8-9-10-11-12-13-14-15-16-17-18-19(20)21-2/h10-11,13-14H,3,6,9,12,15-18H2,1-2H3. The molecule has 0 N–H and O–H groups in total. The van der Waals surface area contributed by atoms with Crippen LogP contribution < -0.4 is 0 Å². The molecule has 2 heteroatoms. The Hall–Kier alpha value is -1.93. The second-order valence-electron chi connectivity index (χ2n) is 4.44. The average Bonchev–Trinajstić information content (AvgIpc) is 2.50.